The molecule has 0 aromatic heterocycles. The SMILES string of the molecule is C[C@](O)(CS(=O)(=O)c1ccc(OC(=O)N(CCCl)CCCl)cc1)C(=O)Nc1ccc([N+](=O)[O-])c(C(F)(F)F)c1. The zero-order chi connectivity index (χ0) is 29.6. The van der Waals surface area contributed by atoms with Gasteiger partial charge in [0.2, 0.25) is 0 Å². The summed E-state index contributed by atoms with van der Waals surface area (Å²) in [7, 11) is -4.35. The lowest BCUT2D eigenvalue weighted by Gasteiger charge is -2.22. The fourth-order valence-corrected chi connectivity index (χ4v) is 5.16. The standard InChI is InChI=1S/C22H22Cl2F3N3O8S/c1-21(33,19(31)28-14-2-7-18(30(34)35)17(12-14)22(25,26)27)13-39(36,37)16-5-3-15(4-6-16)38-20(32)29(10-8-23)11-9-24/h2-7,12,33H,8-11,13H2,1H3,(H,28,31)/t21-/m0/s1. The molecule has 2 rings (SSSR count). The van der Waals surface area contributed by atoms with Gasteiger partial charge in [0, 0.05) is 36.6 Å². The van der Waals surface area contributed by atoms with E-state index in [-0.39, 0.29) is 35.5 Å². The minimum Gasteiger partial charge on any atom is -0.410 e. The lowest BCUT2D eigenvalue weighted by molar-refractivity contribution is -0.388. The molecule has 0 unspecified atom stereocenters. The maximum Gasteiger partial charge on any atom is 0.423 e. The number of hydrogen-bond donors (Lipinski definition) is 2. The Kier molecular flexibility index (Phi) is 10.5. The van der Waals surface area contributed by atoms with Crippen molar-refractivity contribution in [2.45, 2.75) is 23.6 Å². The maximum absolute atomic E-state index is 13.2. The Morgan fingerprint density at radius 2 is 1.67 bits per heavy atom. The summed E-state index contributed by atoms with van der Waals surface area (Å²) < 4.78 is 70.3. The second-order valence-corrected chi connectivity index (χ2v) is 10.9. The molecule has 0 spiro atoms. The first-order valence-electron chi connectivity index (χ1n) is 10.8. The lowest BCUT2D eigenvalue weighted by atomic mass is 10.1. The molecule has 2 N–H and O–H groups in total. The Balaban J connectivity index is 2.17. The number of rotatable bonds is 11. The van der Waals surface area contributed by atoms with Crippen LogP contribution in [-0.2, 0) is 20.8 Å². The molecule has 11 nitrogen and oxygen atoms in total. The Labute approximate surface area is 230 Å². The molecule has 2 amide bonds. The van der Waals surface area contributed by atoms with Crippen LogP contribution in [0.5, 0.6) is 5.75 Å². The molecule has 0 saturated carbocycles. The number of sulfone groups is 1. The van der Waals surface area contributed by atoms with E-state index < -0.39 is 61.2 Å². The number of nitrogens with zero attached hydrogens (tertiary/aromatic N) is 2. The van der Waals surface area contributed by atoms with Gasteiger partial charge in [-0.2, -0.15) is 13.2 Å². The summed E-state index contributed by atoms with van der Waals surface area (Å²) in [5.74, 6) is -2.31. The number of nitro groups is 1. The van der Waals surface area contributed by atoms with Gasteiger partial charge in [-0.25, -0.2) is 13.2 Å². The number of benzene rings is 2. The molecule has 0 aliphatic heterocycles. The summed E-state index contributed by atoms with van der Waals surface area (Å²) >= 11 is 11.3. The van der Waals surface area contributed by atoms with E-state index in [9.17, 15) is 46.4 Å². The number of ether oxygens (including phenoxy) is 1. The summed E-state index contributed by atoms with van der Waals surface area (Å²) in [4.78, 5) is 35.3. The molecule has 0 bridgehead atoms. The average molecular weight is 616 g/mol. The number of carbonyl (C=O) groups is 2. The topological polar surface area (TPSA) is 156 Å². The van der Waals surface area contributed by atoms with Crippen LogP contribution in [0.3, 0.4) is 0 Å². The van der Waals surface area contributed by atoms with Gasteiger partial charge < -0.3 is 20.1 Å². The first-order chi connectivity index (χ1) is 18.0. The molecule has 0 aliphatic rings. The van der Waals surface area contributed by atoms with E-state index in [4.69, 9.17) is 27.9 Å². The molecule has 214 valence electrons. The number of anilines is 1. The first-order valence-corrected chi connectivity index (χ1v) is 13.5. The smallest absolute Gasteiger partial charge is 0.410 e. The van der Waals surface area contributed by atoms with Gasteiger partial charge in [0.25, 0.3) is 11.6 Å². The summed E-state index contributed by atoms with van der Waals surface area (Å²) in [6.45, 7) is 1.15. The minimum absolute atomic E-state index is 0.0174. The fourth-order valence-electron chi connectivity index (χ4n) is 3.16. The monoisotopic (exact) mass is 615 g/mol. The number of carbonyl (C=O) groups excluding carboxylic acids is 2. The summed E-state index contributed by atoms with van der Waals surface area (Å²) in [5.41, 5.74) is -6.09. The van der Waals surface area contributed by atoms with Crippen LogP contribution in [0.15, 0.2) is 47.4 Å². The van der Waals surface area contributed by atoms with Crippen LogP contribution >= 0.6 is 23.2 Å². The van der Waals surface area contributed by atoms with E-state index in [2.05, 4.69) is 0 Å². The largest absolute Gasteiger partial charge is 0.423 e. The van der Waals surface area contributed by atoms with Crippen molar-refractivity contribution in [1.29, 1.82) is 0 Å². The van der Waals surface area contributed by atoms with Crippen molar-refractivity contribution in [1.82, 2.24) is 4.90 Å². The van der Waals surface area contributed by atoms with Crippen molar-refractivity contribution in [2.24, 2.45) is 0 Å². The average Bonchev–Trinajstić information content (AvgIpc) is 2.82. The quantitative estimate of drug-likeness (QED) is 0.218. The summed E-state index contributed by atoms with van der Waals surface area (Å²) in [6.07, 6.45) is -5.89. The Morgan fingerprint density at radius 1 is 1.10 bits per heavy atom. The number of hydrogen-bond acceptors (Lipinski definition) is 8. The van der Waals surface area contributed by atoms with Gasteiger partial charge in [0.15, 0.2) is 15.4 Å². The molecular formula is C22H22Cl2F3N3O8S. The van der Waals surface area contributed by atoms with E-state index in [0.717, 1.165) is 37.3 Å². The van der Waals surface area contributed by atoms with Crippen molar-refractivity contribution in [3.8, 4) is 5.75 Å². The predicted molar refractivity (Wildman–Crippen MR) is 135 cm³/mol. The van der Waals surface area contributed by atoms with Crippen LogP contribution in [0, 0.1) is 10.1 Å². The normalized spacial score (nSPS) is 13.3. The van der Waals surface area contributed by atoms with Gasteiger partial charge in [-0.15, -0.1) is 23.2 Å². The minimum atomic E-state index is -5.12. The van der Waals surface area contributed by atoms with Crippen molar-refractivity contribution < 1.29 is 45.9 Å². The third kappa shape index (κ3) is 8.68. The number of aliphatic hydroxyl groups is 1. The molecular weight excluding hydrogens is 594 g/mol. The van der Waals surface area contributed by atoms with Gasteiger partial charge in [-0.3, -0.25) is 14.9 Å². The van der Waals surface area contributed by atoms with E-state index in [1.807, 2.05) is 5.32 Å². The molecule has 0 fully saturated rings. The van der Waals surface area contributed by atoms with E-state index >= 15 is 0 Å². The first kappa shape index (κ1) is 32.1. The van der Waals surface area contributed by atoms with Crippen molar-refractivity contribution in [3.63, 3.8) is 0 Å². The zero-order valence-corrected chi connectivity index (χ0v) is 22.4. The highest BCUT2D eigenvalue weighted by Crippen LogP contribution is 2.37. The van der Waals surface area contributed by atoms with E-state index in [0.29, 0.717) is 12.1 Å². The molecule has 17 heteroatoms. The highest BCUT2D eigenvalue weighted by Gasteiger charge is 2.40. The third-order valence-electron chi connectivity index (χ3n) is 5.07. The van der Waals surface area contributed by atoms with Crippen LogP contribution in [0.25, 0.3) is 0 Å². The molecule has 0 aliphatic carbocycles. The predicted octanol–water partition coefficient (Wildman–Crippen LogP) is 4.06. The summed E-state index contributed by atoms with van der Waals surface area (Å²) in [6, 6.07) is 6.06. The van der Waals surface area contributed by atoms with E-state index in [1.54, 1.807) is 0 Å². The molecule has 1 atom stereocenters. The second-order valence-electron chi connectivity index (χ2n) is 8.18. The summed E-state index contributed by atoms with van der Waals surface area (Å²) in [5, 5.41) is 23.4. The Morgan fingerprint density at radius 3 is 2.15 bits per heavy atom. The molecule has 0 saturated heterocycles. The van der Waals surface area contributed by atoms with Crippen molar-refractivity contribution >= 4 is 56.4 Å². The Hall–Kier alpha value is -3.14. The number of nitrogens with one attached hydrogen (secondary N) is 1. The van der Waals surface area contributed by atoms with Crippen LogP contribution in [-0.4, -0.2) is 71.6 Å². The van der Waals surface area contributed by atoms with Crippen molar-refractivity contribution in [2.75, 3.05) is 35.9 Å². The molecule has 2 aromatic rings. The Bertz CT molecular complexity index is 1320. The molecule has 0 heterocycles. The third-order valence-corrected chi connectivity index (χ3v) is 7.34. The van der Waals surface area contributed by atoms with Crippen molar-refractivity contribution in [3.05, 3.63) is 58.1 Å². The van der Waals surface area contributed by atoms with Crippen LogP contribution in [0.4, 0.5) is 29.3 Å². The molecule has 2 aromatic carbocycles. The number of amides is 2. The highest BCUT2D eigenvalue weighted by atomic mass is 35.5. The lowest BCUT2D eigenvalue weighted by Crippen LogP contribution is -2.45. The van der Waals surface area contributed by atoms with Gasteiger partial charge in [0.05, 0.1) is 15.6 Å². The second kappa shape index (κ2) is 12.8. The van der Waals surface area contributed by atoms with Gasteiger partial charge in [-0.1, -0.05) is 0 Å². The maximum atomic E-state index is 13.2. The van der Waals surface area contributed by atoms with E-state index in [1.165, 1.54) is 4.90 Å². The van der Waals surface area contributed by atoms with Crippen LogP contribution in [0.2, 0.25) is 0 Å². The number of alkyl halides is 5. The van der Waals surface area contributed by atoms with Gasteiger partial charge in [-0.05, 0) is 43.3 Å². The number of halogens is 5. The van der Waals surface area contributed by atoms with Crippen LogP contribution < -0.4 is 10.1 Å². The highest BCUT2D eigenvalue weighted by molar-refractivity contribution is 7.91. The van der Waals surface area contributed by atoms with Gasteiger partial charge in [0.1, 0.15) is 11.3 Å². The number of nitro benzene ring substituents is 1. The zero-order valence-electron chi connectivity index (χ0n) is 20.1. The molecule has 39 heavy (non-hydrogen) atoms. The molecule has 0 radical (unpaired) electrons. The van der Waals surface area contributed by atoms with Crippen LogP contribution in [0.1, 0.15) is 12.5 Å². The van der Waals surface area contributed by atoms with Gasteiger partial charge >= 0.3 is 12.3 Å². The fraction of sp³-hybridized carbons (Fsp3) is 0.364.